The number of nitrogens with one attached hydrogen (secondary N) is 1. The third-order valence-corrected chi connectivity index (χ3v) is 9.26. The Bertz CT molecular complexity index is 1080. The van der Waals surface area contributed by atoms with Crippen LogP contribution in [0.15, 0.2) is 45.8 Å². The number of sulfonamides is 1. The normalized spacial score (nSPS) is 16.8. The van der Waals surface area contributed by atoms with E-state index >= 15 is 0 Å². The van der Waals surface area contributed by atoms with Crippen molar-refractivity contribution in [2.45, 2.75) is 44.4 Å². The summed E-state index contributed by atoms with van der Waals surface area (Å²) in [6.07, 6.45) is 3.65. The number of rotatable bonds is 6. The third kappa shape index (κ3) is 5.13. The van der Waals surface area contributed by atoms with E-state index in [9.17, 15) is 17.6 Å². The summed E-state index contributed by atoms with van der Waals surface area (Å²) >= 11 is 9.30. The summed E-state index contributed by atoms with van der Waals surface area (Å²) in [7, 11) is -3.84. The smallest absolute Gasteiger partial charge is 0.255 e. The van der Waals surface area contributed by atoms with E-state index < -0.39 is 21.7 Å². The Balaban J connectivity index is 1.83. The van der Waals surface area contributed by atoms with Crippen LogP contribution in [0.1, 0.15) is 49.9 Å². The van der Waals surface area contributed by atoms with Crippen LogP contribution in [0.5, 0.6) is 0 Å². The van der Waals surface area contributed by atoms with Gasteiger partial charge in [0, 0.05) is 24.3 Å². The lowest BCUT2D eigenvalue weighted by molar-refractivity contribution is 0.102. The Morgan fingerprint density at radius 1 is 1.16 bits per heavy atom. The number of carbonyl (C=O) groups is 1. The molecule has 2 aromatic carbocycles. The van der Waals surface area contributed by atoms with Crippen molar-refractivity contribution >= 4 is 49.1 Å². The molecule has 168 valence electrons. The molecule has 1 aliphatic heterocycles. The molecule has 0 unspecified atom stereocenters. The first-order valence-electron chi connectivity index (χ1n) is 10.2. The molecule has 0 bridgehead atoms. The van der Waals surface area contributed by atoms with Gasteiger partial charge in [-0.05, 0) is 70.6 Å². The van der Waals surface area contributed by atoms with E-state index in [0.29, 0.717) is 18.8 Å². The van der Waals surface area contributed by atoms with Gasteiger partial charge in [0.25, 0.3) is 5.91 Å². The van der Waals surface area contributed by atoms with Gasteiger partial charge in [0.2, 0.25) is 10.0 Å². The highest BCUT2D eigenvalue weighted by molar-refractivity contribution is 9.10. The third-order valence-electron chi connectivity index (χ3n) is 6.27. The van der Waals surface area contributed by atoms with E-state index in [0.717, 1.165) is 25.7 Å². The Kier molecular flexibility index (Phi) is 7.46. The molecule has 0 saturated carbocycles. The second-order valence-electron chi connectivity index (χ2n) is 7.84. The average Bonchev–Trinajstić information content (AvgIpc) is 2.76. The fourth-order valence-electron chi connectivity index (χ4n) is 3.92. The average molecular weight is 532 g/mol. The van der Waals surface area contributed by atoms with Crippen LogP contribution < -0.4 is 5.32 Å². The standard InChI is InChI=1S/C22H25BrClFN2O3S/c1-3-22(4-2)9-11-27(12-10-22)31(29,30)20-13-15(5-7-18(20)24)21(28)26-16-6-8-19(25)17(23)14-16/h5-8,13-14H,3-4,9-12H2,1-2H3,(H,26,28). The van der Waals surface area contributed by atoms with Gasteiger partial charge in [-0.15, -0.1) is 0 Å². The predicted molar refractivity (Wildman–Crippen MR) is 125 cm³/mol. The minimum Gasteiger partial charge on any atom is -0.322 e. The highest BCUT2D eigenvalue weighted by atomic mass is 79.9. The van der Waals surface area contributed by atoms with Crippen LogP contribution in [-0.2, 0) is 10.0 Å². The molecule has 31 heavy (non-hydrogen) atoms. The first-order chi connectivity index (χ1) is 14.6. The van der Waals surface area contributed by atoms with Crippen molar-refractivity contribution in [2.24, 2.45) is 5.41 Å². The fraction of sp³-hybridized carbons (Fsp3) is 0.409. The highest BCUT2D eigenvalue weighted by Gasteiger charge is 2.37. The lowest BCUT2D eigenvalue weighted by Gasteiger charge is -2.40. The minimum atomic E-state index is -3.84. The molecule has 1 amide bonds. The van der Waals surface area contributed by atoms with Crippen LogP contribution in [0.25, 0.3) is 0 Å². The second-order valence-corrected chi connectivity index (χ2v) is 11.0. The first-order valence-corrected chi connectivity index (χ1v) is 12.8. The Morgan fingerprint density at radius 2 is 1.81 bits per heavy atom. The van der Waals surface area contributed by atoms with Gasteiger partial charge in [-0.3, -0.25) is 4.79 Å². The Labute approximate surface area is 196 Å². The zero-order chi connectivity index (χ0) is 22.8. The van der Waals surface area contributed by atoms with Gasteiger partial charge >= 0.3 is 0 Å². The van der Waals surface area contributed by atoms with Crippen LogP contribution in [0.4, 0.5) is 10.1 Å². The summed E-state index contributed by atoms with van der Waals surface area (Å²) in [5.74, 6) is -0.962. The van der Waals surface area contributed by atoms with Crippen molar-refractivity contribution in [1.82, 2.24) is 4.31 Å². The highest BCUT2D eigenvalue weighted by Crippen LogP contribution is 2.40. The number of benzene rings is 2. The van der Waals surface area contributed by atoms with Crippen molar-refractivity contribution in [2.75, 3.05) is 18.4 Å². The van der Waals surface area contributed by atoms with Crippen molar-refractivity contribution < 1.29 is 17.6 Å². The zero-order valence-corrected chi connectivity index (χ0v) is 20.6. The summed E-state index contributed by atoms with van der Waals surface area (Å²) < 4.78 is 41.6. The molecule has 1 saturated heterocycles. The van der Waals surface area contributed by atoms with E-state index in [4.69, 9.17) is 11.6 Å². The zero-order valence-electron chi connectivity index (χ0n) is 17.4. The SMILES string of the molecule is CCC1(CC)CCN(S(=O)(=O)c2cc(C(=O)Nc3ccc(F)c(Br)c3)ccc2Cl)CC1. The summed E-state index contributed by atoms with van der Waals surface area (Å²) in [6.45, 7) is 5.15. The number of piperidine rings is 1. The van der Waals surface area contributed by atoms with E-state index in [1.54, 1.807) is 0 Å². The molecule has 0 radical (unpaired) electrons. The molecular formula is C22H25BrClFN2O3S. The Morgan fingerprint density at radius 3 is 2.39 bits per heavy atom. The molecule has 0 aromatic heterocycles. The Hall–Kier alpha value is -1.48. The van der Waals surface area contributed by atoms with Crippen molar-refractivity contribution in [1.29, 1.82) is 0 Å². The fourth-order valence-corrected chi connectivity index (χ4v) is 6.24. The molecule has 3 rings (SSSR count). The van der Waals surface area contributed by atoms with Crippen molar-refractivity contribution in [3.05, 3.63) is 57.3 Å². The van der Waals surface area contributed by atoms with Crippen LogP contribution in [0, 0.1) is 11.2 Å². The quantitative estimate of drug-likeness (QED) is 0.491. The van der Waals surface area contributed by atoms with Gasteiger partial charge in [-0.25, -0.2) is 12.8 Å². The number of anilines is 1. The molecular weight excluding hydrogens is 507 g/mol. The predicted octanol–water partition coefficient (Wildman–Crippen LogP) is 6.08. The molecule has 9 heteroatoms. The molecule has 1 heterocycles. The van der Waals surface area contributed by atoms with Crippen molar-refractivity contribution in [3.8, 4) is 0 Å². The number of amides is 1. The largest absolute Gasteiger partial charge is 0.322 e. The summed E-state index contributed by atoms with van der Waals surface area (Å²) in [5, 5.41) is 2.72. The topological polar surface area (TPSA) is 66.5 Å². The number of hydrogen-bond donors (Lipinski definition) is 1. The lowest BCUT2D eigenvalue weighted by Crippen LogP contribution is -2.42. The monoisotopic (exact) mass is 530 g/mol. The lowest BCUT2D eigenvalue weighted by atomic mass is 9.75. The van der Waals surface area contributed by atoms with Crippen LogP contribution in [0.3, 0.4) is 0 Å². The van der Waals surface area contributed by atoms with Crippen molar-refractivity contribution in [3.63, 3.8) is 0 Å². The first kappa shape index (κ1) is 24.2. The maximum absolute atomic E-state index is 13.4. The van der Waals surface area contributed by atoms with Gasteiger partial charge in [-0.1, -0.05) is 38.3 Å². The van der Waals surface area contributed by atoms with Crippen LogP contribution in [0.2, 0.25) is 5.02 Å². The summed E-state index contributed by atoms with van der Waals surface area (Å²) in [4.78, 5) is 12.6. The number of halogens is 3. The molecule has 0 aliphatic carbocycles. The van der Waals surface area contributed by atoms with E-state index in [1.165, 1.54) is 40.7 Å². The number of carbonyl (C=O) groups excluding carboxylic acids is 1. The molecule has 0 atom stereocenters. The summed E-state index contributed by atoms with van der Waals surface area (Å²) in [6, 6.07) is 8.25. The second kappa shape index (κ2) is 9.57. The molecule has 0 spiro atoms. The van der Waals surface area contributed by atoms with Gasteiger partial charge in [0.05, 0.1) is 9.50 Å². The molecule has 1 N–H and O–H groups in total. The minimum absolute atomic E-state index is 0.0731. The van der Waals surface area contributed by atoms with Crippen LogP contribution >= 0.6 is 27.5 Å². The number of nitrogens with zero attached hydrogens (tertiary/aromatic N) is 1. The van der Waals surface area contributed by atoms with Gasteiger partial charge in [0.1, 0.15) is 10.7 Å². The van der Waals surface area contributed by atoms with E-state index in [-0.39, 0.29) is 25.4 Å². The molecule has 5 nitrogen and oxygen atoms in total. The molecule has 2 aromatic rings. The van der Waals surface area contributed by atoms with Crippen LogP contribution in [-0.4, -0.2) is 31.7 Å². The van der Waals surface area contributed by atoms with E-state index in [2.05, 4.69) is 35.1 Å². The molecule has 1 fully saturated rings. The summed E-state index contributed by atoms with van der Waals surface area (Å²) in [5.41, 5.74) is 0.710. The van der Waals surface area contributed by atoms with E-state index in [1.807, 2.05) is 0 Å². The maximum Gasteiger partial charge on any atom is 0.255 e. The maximum atomic E-state index is 13.4. The number of hydrogen-bond acceptors (Lipinski definition) is 3. The molecule has 1 aliphatic rings. The van der Waals surface area contributed by atoms with Gasteiger partial charge < -0.3 is 5.32 Å². The van der Waals surface area contributed by atoms with Gasteiger partial charge in [-0.2, -0.15) is 4.31 Å². The van der Waals surface area contributed by atoms with Gasteiger partial charge in [0.15, 0.2) is 0 Å².